The summed E-state index contributed by atoms with van der Waals surface area (Å²) in [6, 6.07) is 2.01. The van der Waals surface area contributed by atoms with E-state index in [1.165, 1.54) is 0 Å². The van der Waals surface area contributed by atoms with Gasteiger partial charge in [-0.15, -0.1) is 0 Å². The van der Waals surface area contributed by atoms with Crippen molar-refractivity contribution >= 4 is 17.7 Å². The van der Waals surface area contributed by atoms with Crippen LogP contribution in [-0.4, -0.2) is 47.1 Å². The van der Waals surface area contributed by atoms with E-state index in [1.54, 1.807) is 0 Å². The van der Waals surface area contributed by atoms with Crippen LogP contribution in [-0.2, 0) is 14.3 Å². The van der Waals surface area contributed by atoms with Crippen molar-refractivity contribution in [2.75, 3.05) is 6.61 Å². The van der Waals surface area contributed by atoms with Gasteiger partial charge < -0.3 is 10.1 Å². The largest absolute Gasteiger partial charge is 0.465 e. The fourth-order valence-electron chi connectivity index (χ4n) is 2.32. The Hall–Kier alpha value is -2.66. The van der Waals surface area contributed by atoms with Crippen molar-refractivity contribution < 1.29 is 45.5 Å². The van der Waals surface area contributed by atoms with Crippen LogP contribution in [0.2, 0.25) is 0 Å². The van der Waals surface area contributed by atoms with Crippen molar-refractivity contribution in [2.45, 2.75) is 31.7 Å². The van der Waals surface area contributed by atoms with E-state index >= 15 is 0 Å². The van der Waals surface area contributed by atoms with Crippen LogP contribution in [0.5, 0.6) is 0 Å². The van der Waals surface area contributed by atoms with Gasteiger partial charge in [0.1, 0.15) is 5.78 Å². The molecule has 1 aromatic rings. The van der Waals surface area contributed by atoms with Gasteiger partial charge in [-0.05, 0) is 26.0 Å². The number of carbonyl (C=O) groups excluding carboxylic acids is 3. The molecule has 1 rings (SSSR count). The number of nitrogens with zero attached hydrogens (tertiary/aromatic N) is 1. The van der Waals surface area contributed by atoms with Crippen LogP contribution in [0.4, 0.5) is 26.3 Å². The molecule has 12 heteroatoms. The normalized spacial score (nSPS) is 13.6. The lowest BCUT2D eigenvalue weighted by atomic mass is 9.79. The summed E-state index contributed by atoms with van der Waals surface area (Å²) in [6.45, 7) is 0.918. The van der Waals surface area contributed by atoms with Gasteiger partial charge in [0.25, 0.3) is 11.4 Å². The molecular weight excluding hydrogens is 386 g/mol. The number of ketones is 1. The molecule has 0 unspecified atom stereocenters. The first kappa shape index (κ1) is 22.4. The second kappa shape index (κ2) is 7.92. The maximum atomic E-state index is 13.6. The zero-order chi connectivity index (χ0) is 21.0. The van der Waals surface area contributed by atoms with E-state index in [1.807, 2.05) is 0 Å². The van der Waals surface area contributed by atoms with Gasteiger partial charge in [0.05, 0.1) is 12.2 Å². The maximum Gasteiger partial charge on any atom is 0.421 e. The standard InChI is InChI=1S/C15H14F6N2O4/c1-3-27-12(26)10(8(2)24)13(14(16,17)18,15(19,20)21)23-11(25)9-5-4-6-22-7-9/h4-7,10H,3H2,1-2H3,(H,23,25)/t10-/m0/s1. The second-order valence-corrected chi connectivity index (χ2v) is 5.30. The minimum Gasteiger partial charge on any atom is -0.465 e. The molecule has 0 aromatic carbocycles. The SMILES string of the molecule is CCOC(=O)[C@H](C(C)=O)C(NC(=O)c1cccnc1)(C(F)(F)F)C(F)(F)F. The van der Waals surface area contributed by atoms with Crippen molar-refractivity contribution in [3.8, 4) is 0 Å². The number of Topliss-reactive ketones (excluding diaryl/α,β-unsaturated/α-hetero) is 1. The van der Waals surface area contributed by atoms with Crippen molar-refractivity contribution in [3.63, 3.8) is 0 Å². The number of hydrogen-bond acceptors (Lipinski definition) is 5. The monoisotopic (exact) mass is 400 g/mol. The lowest BCUT2D eigenvalue weighted by Gasteiger charge is -2.41. The minimum atomic E-state index is -6.26. The van der Waals surface area contributed by atoms with Crippen molar-refractivity contribution in [2.24, 2.45) is 5.92 Å². The van der Waals surface area contributed by atoms with Crippen molar-refractivity contribution in [1.29, 1.82) is 0 Å². The lowest BCUT2D eigenvalue weighted by Crippen LogP contribution is -2.74. The number of hydrogen-bond donors (Lipinski definition) is 1. The van der Waals surface area contributed by atoms with E-state index in [2.05, 4.69) is 9.72 Å². The van der Waals surface area contributed by atoms with Crippen molar-refractivity contribution in [1.82, 2.24) is 10.3 Å². The van der Waals surface area contributed by atoms with Crippen LogP contribution in [0.25, 0.3) is 0 Å². The fraction of sp³-hybridized carbons (Fsp3) is 0.467. The zero-order valence-electron chi connectivity index (χ0n) is 13.9. The van der Waals surface area contributed by atoms with Gasteiger partial charge in [-0.2, -0.15) is 26.3 Å². The summed E-state index contributed by atoms with van der Waals surface area (Å²) in [5, 5.41) is 0.797. The van der Waals surface area contributed by atoms with Crippen LogP contribution < -0.4 is 5.32 Å². The smallest absolute Gasteiger partial charge is 0.421 e. The van der Waals surface area contributed by atoms with E-state index < -0.39 is 53.6 Å². The molecule has 1 N–H and O–H groups in total. The van der Waals surface area contributed by atoms with Crippen LogP contribution >= 0.6 is 0 Å². The van der Waals surface area contributed by atoms with Gasteiger partial charge in [0, 0.05) is 12.4 Å². The summed E-state index contributed by atoms with van der Waals surface area (Å²) in [6.07, 6.45) is -10.7. The lowest BCUT2D eigenvalue weighted by molar-refractivity contribution is -0.315. The predicted octanol–water partition coefficient (Wildman–Crippen LogP) is 2.44. The molecule has 0 bridgehead atoms. The number of ether oxygens (including phenoxy) is 1. The molecule has 0 aliphatic rings. The molecule has 0 saturated carbocycles. The van der Waals surface area contributed by atoms with E-state index in [0.29, 0.717) is 6.92 Å². The number of halogens is 6. The Labute approximate surface area is 148 Å². The fourth-order valence-corrected chi connectivity index (χ4v) is 2.32. The summed E-state index contributed by atoms with van der Waals surface area (Å²) >= 11 is 0. The highest BCUT2D eigenvalue weighted by molar-refractivity contribution is 6.02. The summed E-state index contributed by atoms with van der Waals surface area (Å²) in [7, 11) is 0. The number of alkyl halides is 6. The average molecular weight is 400 g/mol. The number of aromatic nitrogens is 1. The van der Waals surface area contributed by atoms with Gasteiger partial charge in [-0.1, -0.05) is 0 Å². The molecule has 6 nitrogen and oxygen atoms in total. The molecule has 27 heavy (non-hydrogen) atoms. The number of pyridine rings is 1. The first-order valence-electron chi connectivity index (χ1n) is 7.32. The molecule has 150 valence electrons. The molecular formula is C15H14F6N2O4. The molecule has 1 amide bonds. The Morgan fingerprint density at radius 2 is 1.70 bits per heavy atom. The molecule has 0 saturated heterocycles. The van der Waals surface area contributed by atoms with E-state index in [0.717, 1.165) is 36.8 Å². The summed E-state index contributed by atoms with van der Waals surface area (Å²) < 4.78 is 86.1. The van der Waals surface area contributed by atoms with Crippen LogP contribution in [0.3, 0.4) is 0 Å². The Morgan fingerprint density at radius 3 is 2.07 bits per heavy atom. The third-order valence-corrected chi connectivity index (χ3v) is 3.49. The summed E-state index contributed by atoms with van der Waals surface area (Å²) in [4.78, 5) is 39.0. The van der Waals surface area contributed by atoms with Gasteiger partial charge in [0.15, 0.2) is 5.92 Å². The van der Waals surface area contributed by atoms with Gasteiger partial charge in [0.2, 0.25) is 0 Å². The highest BCUT2D eigenvalue weighted by Gasteiger charge is 2.78. The van der Waals surface area contributed by atoms with Crippen LogP contribution in [0.1, 0.15) is 24.2 Å². The molecule has 1 atom stereocenters. The molecule has 0 radical (unpaired) electrons. The molecule has 0 spiro atoms. The average Bonchev–Trinajstić information content (AvgIpc) is 2.52. The number of amides is 1. The molecule has 0 fully saturated rings. The van der Waals surface area contributed by atoms with Crippen LogP contribution in [0, 0.1) is 5.92 Å². The highest BCUT2D eigenvalue weighted by Crippen LogP contribution is 2.48. The molecule has 0 aliphatic carbocycles. The third-order valence-electron chi connectivity index (χ3n) is 3.49. The Morgan fingerprint density at radius 1 is 1.15 bits per heavy atom. The Kier molecular flexibility index (Phi) is 6.57. The van der Waals surface area contributed by atoms with Crippen LogP contribution in [0.15, 0.2) is 24.5 Å². The number of nitrogens with one attached hydrogen (secondary N) is 1. The van der Waals surface area contributed by atoms with Crippen molar-refractivity contribution in [3.05, 3.63) is 30.1 Å². The quantitative estimate of drug-likeness (QED) is 0.451. The molecule has 1 heterocycles. The third kappa shape index (κ3) is 4.37. The zero-order valence-corrected chi connectivity index (χ0v) is 13.9. The minimum absolute atomic E-state index is 0.365. The summed E-state index contributed by atoms with van der Waals surface area (Å²) in [5.74, 6) is -9.06. The maximum absolute atomic E-state index is 13.6. The number of esters is 1. The molecule has 0 aliphatic heterocycles. The summed E-state index contributed by atoms with van der Waals surface area (Å²) in [5.41, 5.74) is -5.83. The first-order chi connectivity index (χ1) is 12.3. The van der Waals surface area contributed by atoms with Gasteiger partial charge in [-0.25, -0.2) is 0 Å². The first-order valence-corrected chi connectivity index (χ1v) is 7.32. The number of carbonyl (C=O) groups is 3. The topological polar surface area (TPSA) is 85.4 Å². The van der Waals surface area contributed by atoms with Gasteiger partial charge >= 0.3 is 18.3 Å². The predicted molar refractivity (Wildman–Crippen MR) is 77.3 cm³/mol. The Bertz CT molecular complexity index is 688. The van der Waals surface area contributed by atoms with E-state index in [-0.39, 0.29) is 0 Å². The van der Waals surface area contributed by atoms with E-state index in [9.17, 15) is 40.7 Å². The number of rotatable bonds is 6. The Balaban J connectivity index is 3.66. The molecule has 1 aromatic heterocycles. The van der Waals surface area contributed by atoms with Gasteiger partial charge in [-0.3, -0.25) is 19.4 Å². The highest BCUT2D eigenvalue weighted by atomic mass is 19.4. The van der Waals surface area contributed by atoms with E-state index in [4.69, 9.17) is 0 Å². The second-order valence-electron chi connectivity index (χ2n) is 5.30.